The van der Waals surface area contributed by atoms with Gasteiger partial charge in [-0.05, 0) is 130 Å². The second-order valence-corrected chi connectivity index (χ2v) is 17.1. The standard InChI is InChI=1S/C61H29F3N8/c62-61(63,64)45-17-20-48(44(26-45)35-70)40-16-23-58(71-54-9-3-1-7-49(54)51-27-38(14-21-56(51)71)46-18-12-36(30-65)24-42(46)33-68)53(29-40)60-41(32-67)6-5-11-59(60)72-55-10-4-2-8-50(55)52-28-39(15-22-57(52)72)47-19-13-37(31-66)25-43(47)34-69/h1-29H. The van der Waals surface area contributed by atoms with Crippen LogP contribution in [0.25, 0.3) is 99.5 Å². The van der Waals surface area contributed by atoms with Crippen molar-refractivity contribution in [3.05, 3.63) is 215 Å². The fourth-order valence-corrected chi connectivity index (χ4v) is 9.98. The minimum atomic E-state index is -4.68. The summed E-state index contributed by atoms with van der Waals surface area (Å²) in [5.41, 5.74) is 9.54. The highest BCUT2D eigenvalue weighted by Crippen LogP contribution is 2.45. The fraction of sp³-hybridized carbons (Fsp3) is 0.0164. The van der Waals surface area contributed by atoms with Crippen molar-refractivity contribution in [3.8, 4) is 92.3 Å². The van der Waals surface area contributed by atoms with Crippen molar-refractivity contribution in [1.29, 1.82) is 31.6 Å². The van der Waals surface area contributed by atoms with E-state index in [1.54, 1.807) is 54.6 Å². The van der Waals surface area contributed by atoms with Gasteiger partial charge in [0, 0.05) is 32.7 Å². The van der Waals surface area contributed by atoms with Crippen molar-refractivity contribution in [3.63, 3.8) is 0 Å². The van der Waals surface area contributed by atoms with Gasteiger partial charge >= 0.3 is 6.18 Å². The van der Waals surface area contributed by atoms with E-state index in [0.717, 1.165) is 66.9 Å². The minimum Gasteiger partial charge on any atom is -0.309 e. The van der Waals surface area contributed by atoms with Crippen LogP contribution in [0, 0.1) is 68.0 Å². The number of aromatic nitrogens is 2. The summed E-state index contributed by atoms with van der Waals surface area (Å²) in [5.74, 6) is 0. The Morgan fingerprint density at radius 1 is 0.333 bits per heavy atom. The van der Waals surface area contributed by atoms with Gasteiger partial charge in [0.2, 0.25) is 0 Å². The first-order valence-electron chi connectivity index (χ1n) is 22.3. The molecule has 0 fully saturated rings. The van der Waals surface area contributed by atoms with E-state index in [4.69, 9.17) is 0 Å². The van der Waals surface area contributed by atoms with Crippen LogP contribution in [0.2, 0.25) is 0 Å². The summed E-state index contributed by atoms with van der Waals surface area (Å²) in [6, 6.07) is 64.5. The number of fused-ring (bicyclic) bond motifs is 6. The number of alkyl halides is 3. The highest BCUT2D eigenvalue weighted by molar-refractivity contribution is 6.13. The van der Waals surface area contributed by atoms with Crippen molar-refractivity contribution >= 4 is 43.6 Å². The third kappa shape index (κ3) is 7.03. The molecule has 2 heterocycles. The second kappa shape index (κ2) is 17.1. The van der Waals surface area contributed by atoms with Crippen molar-refractivity contribution in [2.45, 2.75) is 6.18 Å². The Morgan fingerprint density at radius 2 is 0.792 bits per heavy atom. The molecule has 0 N–H and O–H groups in total. The third-order valence-corrected chi connectivity index (χ3v) is 13.2. The molecule has 72 heavy (non-hydrogen) atoms. The van der Waals surface area contributed by atoms with Gasteiger partial charge in [-0.3, -0.25) is 0 Å². The Bertz CT molecular complexity index is 4420. The molecule has 0 atom stereocenters. The number of rotatable bonds is 6. The van der Waals surface area contributed by atoms with Gasteiger partial charge < -0.3 is 9.13 Å². The van der Waals surface area contributed by atoms with Crippen molar-refractivity contribution < 1.29 is 13.2 Å². The first-order chi connectivity index (χ1) is 35.1. The van der Waals surface area contributed by atoms with Crippen molar-refractivity contribution in [2.24, 2.45) is 0 Å². The van der Waals surface area contributed by atoms with E-state index in [2.05, 4.69) is 39.5 Å². The molecule has 9 aromatic carbocycles. The van der Waals surface area contributed by atoms with Gasteiger partial charge in [0.05, 0.1) is 109 Å². The van der Waals surface area contributed by atoms with E-state index in [9.17, 15) is 44.7 Å². The molecule has 8 nitrogen and oxygen atoms in total. The van der Waals surface area contributed by atoms with Crippen LogP contribution in [0.15, 0.2) is 176 Å². The normalized spacial score (nSPS) is 11.2. The molecule has 0 spiro atoms. The van der Waals surface area contributed by atoms with Gasteiger partial charge in [-0.1, -0.05) is 78.9 Å². The summed E-state index contributed by atoms with van der Waals surface area (Å²) in [6.45, 7) is 0. The molecule has 0 amide bonds. The predicted molar refractivity (Wildman–Crippen MR) is 270 cm³/mol. The molecule has 0 bridgehead atoms. The summed E-state index contributed by atoms with van der Waals surface area (Å²) in [5, 5.41) is 64.3. The lowest BCUT2D eigenvalue weighted by atomic mass is 9.91. The fourth-order valence-electron chi connectivity index (χ4n) is 9.98. The number of halogens is 3. The van der Waals surface area contributed by atoms with E-state index in [-0.39, 0.29) is 11.1 Å². The summed E-state index contributed by atoms with van der Waals surface area (Å²) in [7, 11) is 0. The molecule has 11 aromatic rings. The second-order valence-electron chi connectivity index (χ2n) is 17.1. The summed E-state index contributed by atoms with van der Waals surface area (Å²) < 4.78 is 46.3. The van der Waals surface area contributed by atoms with E-state index >= 15 is 0 Å². The van der Waals surface area contributed by atoms with Crippen LogP contribution in [0.3, 0.4) is 0 Å². The minimum absolute atomic E-state index is 0.179. The van der Waals surface area contributed by atoms with E-state index in [1.165, 1.54) is 6.07 Å². The summed E-state index contributed by atoms with van der Waals surface area (Å²) in [4.78, 5) is 0. The lowest BCUT2D eigenvalue weighted by molar-refractivity contribution is -0.137. The maximum absolute atomic E-state index is 14.0. The quantitative estimate of drug-likeness (QED) is 0.162. The zero-order valence-electron chi connectivity index (χ0n) is 37.5. The first-order valence-corrected chi connectivity index (χ1v) is 22.3. The van der Waals surface area contributed by atoms with Gasteiger partial charge in [0.1, 0.15) is 0 Å². The zero-order valence-corrected chi connectivity index (χ0v) is 37.5. The lowest BCUT2D eigenvalue weighted by Gasteiger charge is -2.21. The summed E-state index contributed by atoms with van der Waals surface area (Å²) in [6.07, 6.45) is -4.68. The molecule has 0 saturated heterocycles. The van der Waals surface area contributed by atoms with Crippen LogP contribution < -0.4 is 0 Å². The van der Waals surface area contributed by atoms with E-state index in [0.29, 0.717) is 67.0 Å². The van der Waals surface area contributed by atoms with Crippen LogP contribution in [0.4, 0.5) is 13.2 Å². The maximum Gasteiger partial charge on any atom is 0.416 e. The first kappa shape index (κ1) is 43.9. The van der Waals surface area contributed by atoms with Crippen LogP contribution >= 0.6 is 0 Å². The van der Waals surface area contributed by atoms with Gasteiger partial charge in [-0.25, -0.2) is 0 Å². The smallest absolute Gasteiger partial charge is 0.309 e. The predicted octanol–water partition coefficient (Wildman–Crippen LogP) is 14.8. The molecular weight excluding hydrogens is 902 g/mol. The number of nitrogens with zero attached hydrogens (tertiary/aromatic N) is 8. The van der Waals surface area contributed by atoms with Gasteiger partial charge in [-0.15, -0.1) is 0 Å². The van der Waals surface area contributed by atoms with Gasteiger partial charge in [0.25, 0.3) is 0 Å². The number of nitriles is 6. The zero-order chi connectivity index (χ0) is 49.8. The molecule has 0 aliphatic carbocycles. The molecule has 0 aliphatic rings. The molecule has 11 rings (SSSR count). The van der Waals surface area contributed by atoms with Crippen LogP contribution in [-0.2, 0) is 6.18 Å². The van der Waals surface area contributed by atoms with Crippen LogP contribution in [0.5, 0.6) is 0 Å². The number of benzene rings is 9. The SMILES string of the molecule is N#Cc1ccc(-c2ccc3c(c2)c2ccccc2n3-c2ccc(-c3ccc(C(F)(F)F)cc3C#N)cc2-c2c(C#N)cccc2-n2c3ccccc3c3cc(-c4ccc(C#N)cc4C#N)ccc32)c(C#N)c1. The van der Waals surface area contributed by atoms with E-state index in [1.807, 2.05) is 109 Å². The molecule has 0 saturated carbocycles. The average Bonchev–Trinajstić information content (AvgIpc) is 3.93. The maximum atomic E-state index is 14.0. The highest BCUT2D eigenvalue weighted by Gasteiger charge is 2.32. The number of hydrogen-bond acceptors (Lipinski definition) is 6. The topological polar surface area (TPSA) is 153 Å². The molecule has 0 unspecified atom stereocenters. The molecule has 0 radical (unpaired) electrons. The lowest BCUT2D eigenvalue weighted by Crippen LogP contribution is -2.06. The van der Waals surface area contributed by atoms with Gasteiger partial charge in [-0.2, -0.15) is 44.7 Å². The molecule has 0 aliphatic heterocycles. The number of hydrogen-bond donors (Lipinski definition) is 0. The Hall–Kier alpha value is -10.7. The Labute approximate surface area is 409 Å². The summed E-state index contributed by atoms with van der Waals surface area (Å²) >= 11 is 0. The molecule has 2 aromatic heterocycles. The van der Waals surface area contributed by atoms with Gasteiger partial charge in [0.15, 0.2) is 0 Å². The van der Waals surface area contributed by atoms with E-state index < -0.39 is 11.7 Å². The number of para-hydroxylation sites is 2. The van der Waals surface area contributed by atoms with Crippen molar-refractivity contribution in [2.75, 3.05) is 0 Å². The molecule has 11 heteroatoms. The highest BCUT2D eigenvalue weighted by atomic mass is 19.4. The Kier molecular flexibility index (Phi) is 10.4. The monoisotopic (exact) mass is 930 g/mol. The van der Waals surface area contributed by atoms with Crippen molar-refractivity contribution in [1.82, 2.24) is 9.13 Å². The third-order valence-electron chi connectivity index (χ3n) is 13.2. The van der Waals surface area contributed by atoms with Crippen LogP contribution in [0.1, 0.15) is 38.9 Å². The molecular formula is C61H29F3N8. The largest absolute Gasteiger partial charge is 0.416 e. The average molecular weight is 931 g/mol. The molecule has 334 valence electrons. The Balaban J connectivity index is 1.22. The Morgan fingerprint density at radius 3 is 1.31 bits per heavy atom. The van der Waals surface area contributed by atoms with Crippen LogP contribution in [-0.4, -0.2) is 9.13 Å².